The lowest BCUT2D eigenvalue weighted by atomic mass is 10.1. The molecule has 0 atom stereocenters. The highest BCUT2D eigenvalue weighted by Gasteiger charge is 2.16. The van der Waals surface area contributed by atoms with Crippen molar-refractivity contribution in [2.45, 2.75) is 40.5 Å². The Balaban J connectivity index is 2.64. The summed E-state index contributed by atoms with van der Waals surface area (Å²) in [7, 11) is 1.67. The molecule has 0 aromatic heterocycles. The lowest BCUT2D eigenvalue weighted by molar-refractivity contribution is -0.132. The van der Waals surface area contributed by atoms with Gasteiger partial charge in [0.2, 0.25) is 5.91 Å². The summed E-state index contributed by atoms with van der Waals surface area (Å²) >= 11 is 0. The van der Waals surface area contributed by atoms with E-state index in [0.717, 1.165) is 30.8 Å². The number of aryl methyl sites for hydroxylation is 1. The zero-order valence-electron chi connectivity index (χ0n) is 14.1. The predicted octanol–water partition coefficient (Wildman–Crippen LogP) is 3.77. The first-order chi connectivity index (χ1) is 9.93. The summed E-state index contributed by atoms with van der Waals surface area (Å²) in [5, 5.41) is 0. The Hall–Kier alpha value is -1.51. The van der Waals surface area contributed by atoms with E-state index in [-0.39, 0.29) is 5.91 Å². The fraction of sp³-hybridized carbons (Fsp3) is 0.611. The van der Waals surface area contributed by atoms with Crippen LogP contribution in [0.25, 0.3) is 0 Å². The van der Waals surface area contributed by atoms with Crippen molar-refractivity contribution in [1.82, 2.24) is 4.90 Å². The maximum atomic E-state index is 12.5. The molecule has 0 saturated heterocycles. The number of carbonyl (C=O) groups is 1. The van der Waals surface area contributed by atoms with E-state index < -0.39 is 0 Å². The number of carbonyl (C=O) groups excluding carboxylic acids is 1. The Morgan fingerprint density at radius 1 is 1.10 bits per heavy atom. The molecule has 0 aliphatic carbocycles. The smallest absolute Gasteiger partial charge is 0.222 e. The molecule has 0 heterocycles. The van der Waals surface area contributed by atoms with Gasteiger partial charge in [-0.05, 0) is 29.9 Å². The molecule has 0 saturated carbocycles. The fourth-order valence-electron chi connectivity index (χ4n) is 2.47. The second-order valence-electron chi connectivity index (χ2n) is 6.40. The van der Waals surface area contributed by atoms with Crippen LogP contribution in [0, 0.1) is 11.8 Å². The summed E-state index contributed by atoms with van der Waals surface area (Å²) in [6, 6.07) is 7.91. The minimum absolute atomic E-state index is 0.239. The molecular weight excluding hydrogens is 262 g/mol. The number of para-hydroxylation sites is 1. The van der Waals surface area contributed by atoms with Gasteiger partial charge in [-0.2, -0.15) is 0 Å². The first-order valence-electron chi connectivity index (χ1n) is 7.83. The molecule has 1 aromatic rings. The number of rotatable bonds is 8. The van der Waals surface area contributed by atoms with Crippen molar-refractivity contribution in [2.24, 2.45) is 11.8 Å². The monoisotopic (exact) mass is 291 g/mol. The van der Waals surface area contributed by atoms with Crippen LogP contribution in [0.3, 0.4) is 0 Å². The average Bonchev–Trinajstić information content (AvgIpc) is 2.43. The molecule has 1 amide bonds. The highest BCUT2D eigenvalue weighted by Crippen LogP contribution is 2.19. The first kappa shape index (κ1) is 17.5. The van der Waals surface area contributed by atoms with Crippen molar-refractivity contribution in [1.29, 1.82) is 0 Å². The number of amides is 1. The van der Waals surface area contributed by atoms with Crippen LogP contribution >= 0.6 is 0 Å². The lowest BCUT2D eigenvalue weighted by Crippen LogP contribution is -2.37. The molecule has 0 unspecified atom stereocenters. The minimum atomic E-state index is 0.239. The van der Waals surface area contributed by atoms with Crippen LogP contribution in [0.1, 0.15) is 39.7 Å². The van der Waals surface area contributed by atoms with Crippen LogP contribution in [-0.4, -0.2) is 31.0 Å². The Bertz CT molecular complexity index is 431. The molecule has 1 rings (SSSR count). The fourth-order valence-corrected chi connectivity index (χ4v) is 2.47. The standard InChI is InChI=1S/C18H29NO2/c1-14(2)12-19(13-15(3)4)18(20)11-10-16-8-6-7-9-17(16)21-5/h6-9,14-15H,10-13H2,1-5H3. The van der Waals surface area contributed by atoms with Crippen LogP contribution in [0.15, 0.2) is 24.3 Å². The van der Waals surface area contributed by atoms with E-state index >= 15 is 0 Å². The Labute approximate surface area is 129 Å². The number of nitrogens with zero attached hydrogens (tertiary/aromatic N) is 1. The van der Waals surface area contributed by atoms with Crippen LogP contribution in [0.2, 0.25) is 0 Å². The van der Waals surface area contributed by atoms with E-state index in [0.29, 0.717) is 18.3 Å². The molecule has 0 spiro atoms. The summed E-state index contributed by atoms with van der Waals surface area (Å²) < 4.78 is 5.34. The van der Waals surface area contributed by atoms with E-state index in [1.54, 1.807) is 7.11 Å². The van der Waals surface area contributed by atoms with Crippen molar-refractivity contribution >= 4 is 5.91 Å². The van der Waals surface area contributed by atoms with E-state index in [1.165, 1.54) is 0 Å². The molecule has 21 heavy (non-hydrogen) atoms. The topological polar surface area (TPSA) is 29.5 Å². The van der Waals surface area contributed by atoms with Gasteiger partial charge in [0.1, 0.15) is 5.75 Å². The number of hydrogen-bond donors (Lipinski definition) is 0. The SMILES string of the molecule is COc1ccccc1CCC(=O)N(CC(C)C)CC(C)C. The molecule has 0 fully saturated rings. The Morgan fingerprint density at radius 2 is 1.67 bits per heavy atom. The molecule has 0 bridgehead atoms. The quantitative estimate of drug-likeness (QED) is 0.729. The maximum Gasteiger partial charge on any atom is 0.222 e. The van der Waals surface area contributed by atoms with Gasteiger partial charge in [-0.25, -0.2) is 0 Å². The molecule has 3 heteroatoms. The van der Waals surface area contributed by atoms with Crippen LogP contribution in [0.5, 0.6) is 5.75 Å². The number of methoxy groups -OCH3 is 1. The maximum absolute atomic E-state index is 12.5. The highest BCUT2D eigenvalue weighted by molar-refractivity contribution is 5.76. The summed E-state index contributed by atoms with van der Waals surface area (Å²) in [4.78, 5) is 14.5. The zero-order valence-corrected chi connectivity index (χ0v) is 14.1. The van der Waals surface area contributed by atoms with Gasteiger partial charge >= 0.3 is 0 Å². The van der Waals surface area contributed by atoms with Gasteiger partial charge < -0.3 is 9.64 Å². The van der Waals surface area contributed by atoms with E-state index in [2.05, 4.69) is 27.7 Å². The van der Waals surface area contributed by atoms with E-state index in [9.17, 15) is 4.79 Å². The normalized spacial score (nSPS) is 11.0. The summed E-state index contributed by atoms with van der Waals surface area (Å²) in [5.41, 5.74) is 1.10. The van der Waals surface area contributed by atoms with Crippen molar-refractivity contribution in [3.63, 3.8) is 0 Å². The van der Waals surface area contributed by atoms with E-state index in [1.807, 2.05) is 29.2 Å². The second-order valence-corrected chi connectivity index (χ2v) is 6.40. The molecule has 0 N–H and O–H groups in total. The number of benzene rings is 1. The highest BCUT2D eigenvalue weighted by atomic mass is 16.5. The third-order valence-electron chi connectivity index (χ3n) is 3.32. The van der Waals surface area contributed by atoms with Crippen molar-refractivity contribution in [3.8, 4) is 5.75 Å². The number of hydrogen-bond acceptors (Lipinski definition) is 2. The van der Waals surface area contributed by atoms with Crippen molar-refractivity contribution in [2.75, 3.05) is 20.2 Å². The largest absolute Gasteiger partial charge is 0.496 e. The Morgan fingerprint density at radius 3 is 2.19 bits per heavy atom. The first-order valence-corrected chi connectivity index (χ1v) is 7.83. The van der Waals surface area contributed by atoms with Crippen molar-refractivity contribution < 1.29 is 9.53 Å². The molecule has 1 aromatic carbocycles. The molecule has 0 aliphatic rings. The number of ether oxygens (including phenoxy) is 1. The summed E-state index contributed by atoms with van der Waals surface area (Å²) in [6.07, 6.45) is 1.27. The van der Waals surface area contributed by atoms with Crippen LogP contribution in [-0.2, 0) is 11.2 Å². The molecule has 0 aliphatic heterocycles. The van der Waals surface area contributed by atoms with Gasteiger partial charge in [0, 0.05) is 19.5 Å². The molecular formula is C18H29NO2. The minimum Gasteiger partial charge on any atom is -0.496 e. The zero-order chi connectivity index (χ0) is 15.8. The van der Waals surface area contributed by atoms with Gasteiger partial charge in [0.25, 0.3) is 0 Å². The Kier molecular flexibility index (Phi) is 7.27. The van der Waals surface area contributed by atoms with Crippen LogP contribution in [0.4, 0.5) is 0 Å². The average molecular weight is 291 g/mol. The van der Waals surface area contributed by atoms with E-state index in [4.69, 9.17) is 4.74 Å². The summed E-state index contributed by atoms with van der Waals surface area (Å²) in [5.74, 6) is 2.10. The third kappa shape index (κ3) is 6.19. The second kappa shape index (κ2) is 8.71. The van der Waals surface area contributed by atoms with Gasteiger partial charge in [0.15, 0.2) is 0 Å². The summed E-state index contributed by atoms with van der Waals surface area (Å²) in [6.45, 7) is 10.3. The van der Waals surface area contributed by atoms with Gasteiger partial charge in [-0.3, -0.25) is 4.79 Å². The van der Waals surface area contributed by atoms with Crippen molar-refractivity contribution in [3.05, 3.63) is 29.8 Å². The molecule has 118 valence electrons. The third-order valence-corrected chi connectivity index (χ3v) is 3.32. The lowest BCUT2D eigenvalue weighted by Gasteiger charge is -2.26. The predicted molar refractivity (Wildman–Crippen MR) is 87.6 cm³/mol. The van der Waals surface area contributed by atoms with Crippen LogP contribution < -0.4 is 4.74 Å². The molecule has 0 radical (unpaired) electrons. The van der Waals surface area contributed by atoms with Gasteiger partial charge in [-0.1, -0.05) is 45.9 Å². The van der Waals surface area contributed by atoms with Gasteiger partial charge in [0.05, 0.1) is 7.11 Å². The molecule has 3 nitrogen and oxygen atoms in total. The van der Waals surface area contributed by atoms with Gasteiger partial charge in [-0.15, -0.1) is 0 Å².